The summed E-state index contributed by atoms with van der Waals surface area (Å²) in [5.41, 5.74) is 2.10. The molecule has 0 saturated heterocycles. The van der Waals surface area contributed by atoms with Crippen LogP contribution in [0.25, 0.3) is 0 Å². The van der Waals surface area contributed by atoms with Crippen LogP contribution < -0.4 is 10.0 Å². The summed E-state index contributed by atoms with van der Waals surface area (Å²) in [6.07, 6.45) is 1.07. The molecule has 2 rings (SSSR count). The van der Waals surface area contributed by atoms with Gasteiger partial charge in [-0.1, -0.05) is 6.07 Å². The van der Waals surface area contributed by atoms with Crippen molar-refractivity contribution >= 4 is 27.3 Å². The number of amides is 1. The number of benzene rings is 1. The SMILES string of the molecule is CCn1nc(C(=O)Nc2cccc(NS(C)(=O)=O)c2)cc1C. The van der Waals surface area contributed by atoms with Crippen LogP contribution in [0.15, 0.2) is 30.3 Å². The molecule has 0 radical (unpaired) electrons. The summed E-state index contributed by atoms with van der Waals surface area (Å²) in [4.78, 5) is 12.2. The third kappa shape index (κ3) is 4.08. The van der Waals surface area contributed by atoms with Crippen LogP contribution in [0.5, 0.6) is 0 Å². The second-order valence-electron chi connectivity index (χ2n) is 4.90. The molecule has 0 spiro atoms. The van der Waals surface area contributed by atoms with Gasteiger partial charge in [-0.15, -0.1) is 0 Å². The maximum absolute atomic E-state index is 12.2. The molecule has 22 heavy (non-hydrogen) atoms. The zero-order chi connectivity index (χ0) is 16.3. The molecule has 0 unspecified atom stereocenters. The molecule has 2 aromatic rings. The molecule has 0 atom stereocenters. The lowest BCUT2D eigenvalue weighted by atomic mass is 10.2. The number of carbonyl (C=O) groups excluding carboxylic acids is 1. The molecule has 1 aromatic carbocycles. The standard InChI is InChI=1S/C14H18N4O3S/c1-4-18-10(2)8-13(16-18)14(19)15-11-6-5-7-12(9-11)17-22(3,20)21/h5-9,17H,4H2,1-3H3,(H,15,19). The molecule has 1 amide bonds. The van der Waals surface area contributed by atoms with Crippen molar-refractivity contribution in [1.82, 2.24) is 9.78 Å². The second kappa shape index (κ2) is 6.18. The summed E-state index contributed by atoms with van der Waals surface area (Å²) >= 11 is 0. The number of aromatic nitrogens is 2. The summed E-state index contributed by atoms with van der Waals surface area (Å²) in [6.45, 7) is 4.51. The lowest BCUT2D eigenvalue weighted by Gasteiger charge is -2.07. The number of anilines is 2. The van der Waals surface area contributed by atoms with Gasteiger partial charge in [0, 0.05) is 17.9 Å². The highest BCUT2D eigenvalue weighted by Gasteiger charge is 2.12. The van der Waals surface area contributed by atoms with E-state index in [9.17, 15) is 13.2 Å². The summed E-state index contributed by atoms with van der Waals surface area (Å²) in [6, 6.07) is 8.18. The number of nitrogens with zero attached hydrogens (tertiary/aromatic N) is 2. The minimum atomic E-state index is -3.36. The van der Waals surface area contributed by atoms with Crippen LogP contribution in [0.4, 0.5) is 11.4 Å². The van der Waals surface area contributed by atoms with E-state index in [2.05, 4.69) is 15.1 Å². The zero-order valence-electron chi connectivity index (χ0n) is 12.6. The molecule has 2 N–H and O–H groups in total. The van der Waals surface area contributed by atoms with E-state index in [0.29, 0.717) is 23.6 Å². The fourth-order valence-electron chi connectivity index (χ4n) is 2.01. The van der Waals surface area contributed by atoms with E-state index in [1.54, 1.807) is 35.0 Å². The quantitative estimate of drug-likeness (QED) is 0.878. The van der Waals surface area contributed by atoms with E-state index < -0.39 is 10.0 Å². The summed E-state index contributed by atoms with van der Waals surface area (Å²) in [7, 11) is -3.36. The van der Waals surface area contributed by atoms with Crippen LogP contribution in [-0.2, 0) is 16.6 Å². The summed E-state index contributed by atoms with van der Waals surface area (Å²) in [5, 5.41) is 6.90. The van der Waals surface area contributed by atoms with Gasteiger partial charge in [0.2, 0.25) is 10.0 Å². The van der Waals surface area contributed by atoms with Gasteiger partial charge in [0.1, 0.15) is 0 Å². The fraction of sp³-hybridized carbons (Fsp3) is 0.286. The van der Waals surface area contributed by atoms with Crippen LogP contribution in [0.1, 0.15) is 23.1 Å². The smallest absolute Gasteiger partial charge is 0.276 e. The Morgan fingerprint density at radius 2 is 1.95 bits per heavy atom. The Balaban J connectivity index is 2.16. The first kappa shape index (κ1) is 16.0. The molecular weight excluding hydrogens is 304 g/mol. The van der Waals surface area contributed by atoms with Gasteiger partial charge in [-0.25, -0.2) is 8.42 Å². The third-order valence-electron chi connectivity index (χ3n) is 2.94. The van der Waals surface area contributed by atoms with Crippen LogP contribution >= 0.6 is 0 Å². The highest BCUT2D eigenvalue weighted by atomic mass is 32.2. The highest BCUT2D eigenvalue weighted by molar-refractivity contribution is 7.92. The van der Waals surface area contributed by atoms with Crippen molar-refractivity contribution in [2.75, 3.05) is 16.3 Å². The van der Waals surface area contributed by atoms with Gasteiger partial charge >= 0.3 is 0 Å². The Hall–Kier alpha value is -2.35. The first-order chi connectivity index (χ1) is 10.3. The molecule has 0 saturated carbocycles. The topological polar surface area (TPSA) is 93.1 Å². The zero-order valence-corrected chi connectivity index (χ0v) is 13.4. The first-order valence-corrected chi connectivity index (χ1v) is 8.61. The van der Waals surface area contributed by atoms with E-state index >= 15 is 0 Å². The number of sulfonamides is 1. The van der Waals surface area contributed by atoms with Crippen molar-refractivity contribution in [3.05, 3.63) is 41.7 Å². The molecule has 7 nitrogen and oxygen atoms in total. The third-order valence-corrected chi connectivity index (χ3v) is 3.54. The highest BCUT2D eigenvalue weighted by Crippen LogP contribution is 2.17. The van der Waals surface area contributed by atoms with Gasteiger partial charge in [-0.2, -0.15) is 5.10 Å². The van der Waals surface area contributed by atoms with Crippen LogP contribution in [-0.4, -0.2) is 30.4 Å². The predicted octanol–water partition coefficient (Wildman–Crippen LogP) is 1.84. The molecule has 0 aliphatic carbocycles. The van der Waals surface area contributed by atoms with Gasteiger partial charge in [0.25, 0.3) is 5.91 Å². The number of nitrogens with one attached hydrogen (secondary N) is 2. The Morgan fingerprint density at radius 3 is 2.55 bits per heavy atom. The lowest BCUT2D eigenvalue weighted by molar-refractivity contribution is 0.102. The molecule has 0 bridgehead atoms. The van der Waals surface area contributed by atoms with E-state index in [1.807, 2.05) is 13.8 Å². The van der Waals surface area contributed by atoms with Gasteiger partial charge in [-0.05, 0) is 38.1 Å². The van der Waals surface area contributed by atoms with E-state index in [4.69, 9.17) is 0 Å². The Morgan fingerprint density at radius 1 is 1.27 bits per heavy atom. The second-order valence-corrected chi connectivity index (χ2v) is 6.64. The number of hydrogen-bond acceptors (Lipinski definition) is 4. The maximum atomic E-state index is 12.2. The minimum absolute atomic E-state index is 0.320. The monoisotopic (exact) mass is 322 g/mol. The molecule has 0 aliphatic rings. The lowest BCUT2D eigenvalue weighted by Crippen LogP contribution is -2.14. The molecular formula is C14H18N4O3S. The minimum Gasteiger partial charge on any atom is -0.321 e. The number of aryl methyl sites for hydroxylation is 2. The Bertz CT molecular complexity index is 796. The van der Waals surface area contributed by atoms with Gasteiger partial charge in [0.05, 0.1) is 11.9 Å². The Kier molecular flexibility index (Phi) is 4.51. The fourth-order valence-corrected chi connectivity index (χ4v) is 2.57. The maximum Gasteiger partial charge on any atom is 0.276 e. The van der Waals surface area contributed by atoms with Gasteiger partial charge < -0.3 is 5.32 Å². The summed E-state index contributed by atoms with van der Waals surface area (Å²) in [5.74, 6) is -0.341. The van der Waals surface area contributed by atoms with Crippen molar-refractivity contribution in [3.63, 3.8) is 0 Å². The normalized spacial score (nSPS) is 11.2. The van der Waals surface area contributed by atoms with Crippen molar-refractivity contribution in [1.29, 1.82) is 0 Å². The first-order valence-electron chi connectivity index (χ1n) is 6.72. The van der Waals surface area contributed by atoms with Gasteiger partial charge in [-0.3, -0.25) is 14.2 Å². The van der Waals surface area contributed by atoms with Crippen LogP contribution in [0.2, 0.25) is 0 Å². The average molecular weight is 322 g/mol. The Labute approximate surface area is 129 Å². The van der Waals surface area contributed by atoms with Crippen molar-refractivity contribution in [2.24, 2.45) is 0 Å². The largest absolute Gasteiger partial charge is 0.321 e. The number of carbonyl (C=O) groups is 1. The predicted molar refractivity (Wildman–Crippen MR) is 85.5 cm³/mol. The van der Waals surface area contributed by atoms with Gasteiger partial charge in [0.15, 0.2) is 5.69 Å². The van der Waals surface area contributed by atoms with Crippen molar-refractivity contribution in [3.8, 4) is 0 Å². The number of hydrogen-bond donors (Lipinski definition) is 2. The van der Waals surface area contributed by atoms with E-state index in [1.165, 1.54) is 0 Å². The average Bonchev–Trinajstić information content (AvgIpc) is 2.78. The molecule has 0 aliphatic heterocycles. The van der Waals surface area contributed by atoms with Crippen LogP contribution in [0, 0.1) is 6.92 Å². The number of rotatable bonds is 5. The molecule has 8 heteroatoms. The van der Waals surface area contributed by atoms with Crippen molar-refractivity contribution in [2.45, 2.75) is 20.4 Å². The van der Waals surface area contributed by atoms with Crippen LogP contribution in [0.3, 0.4) is 0 Å². The summed E-state index contributed by atoms with van der Waals surface area (Å²) < 4.78 is 26.5. The molecule has 0 fully saturated rings. The van der Waals surface area contributed by atoms with E-state index in [0.717, 1.165) is 11.9 Å². The van der Waals surface area contributed by atoms with E-state index in [-0.39, 0.29) is 5.91 Å². The molecule has 1 heterocycles. The molecule has 118 valence electrons. The van der Waals surface area contributed by atoms with Crippen molar-refractivity contribution < 1.29 is 13.2 Å². The molecule has 1 aromatic heterocycles.